The van der Waals surface area contributed by atoms with Crippen molar-refractivity contribution in [2.24, 2.45) is 0 Å². The summed E-state index contributed by atoms with van der Waals surface area (Å²) >= 11 is 1.55. The zero-order valence-electron chi connectivity index (χ0n) is 6.60. The van der Waals surface area contributed by atoms with Gasteiger partial charge in [0.1, 0.15) is 5.01 Å². The first-order valence-electron chi connectivity index (χ1n) is 3.70. The van der Waals surface area contributed by atoms with Crippen molar-refractivity contribution in [3.63, 3.8) is 0 Å². The van der Waals surface area contributed by atoms with Gasteiger partial charge in [-0.15, -0.1) is 11.3 Å². The van der Waals surface area contributed by atoms with Crippen LogP contribution in [0.2, 0.25) is 0 Å². The van der Waals surface area contributed by atoms with Gasteiger partial charge >= 0.3 is 0 Å². The zero-order chi connectivity index (χ0) is 8.81. The number of aliphatic hydroxyl groups is 2. The Morgan fingerprint density at radius 2 is 2.25 bits per heavy atom. The number of thiazole rings is 1. The van der Waals surface area contributed by atoms with Crippen LogP contribution in [0.3, 0.4) is 0 Å². The number of hydrogen-bond acceptors (Lipinski definition) is 5. The first-order valence-corrected chi connectivity index (χ1v) is 4.58. The van der Waals surface area contributed by atoms with Gasteiger partial charge in [-0.25, -0.2) is 4.98 Å². The molecule has 1 rings (SSSR count). The van der Waals surface area contributed by atoms with Crippen molar-refractivity contribution in [2.75, 3.05) is 13.2 Å². The second-order valence-electron chi connectivity index (χ2n) is 2.37. The fraction of sp³-hybridized carbons (Fsp3) is 0.571. The second kappa shape index (κ2) is 5.21. The molecule has 0 aliphatic heterocycles. The Hall–Kier alpha value is -0.490. The predicted octanol–water partition coefficient (Wildman–Crippen LogP) is -0.414. The SMILES string of the molecule is OCC(CO)NCc1nccs1. The molecule has 0 fully saturated rings. The molecular formula is C7H12N2O2S. The molecule has 0 amide bonds. The highest BCUT2D eigenvalue weighted by Crippen LogP contribution is 2.02. The van der Waals surface area contributed by atoms with E-state index >= 15 is 0 Å². The highest BCUT2D eigenvalue weighted by Gasteiger charge is 2.04. The van der Waals surface area contributed by atoms with E-state index in [1.54, 1.807) is 17.5 Å². The van der Waals surface area contributed by atoms with Crippen molar-refractivity contribution in [1.82, 2.24) is 10.3 Å². The average Bonchev–Trinajstić information content (AvgIpc) is 2.59. The number of hydrogen-bond donors (Lipinski definition) is 3. The van der Waals surface area contributed by atoms with Crippen molar-refractivity contribution >= 4 is 11.3 Å². The van der Waals surface area contributed by atoms with Crippen LogP contribution in [-0.4, -0.2) is 34.5 Å². The molecule has 68 valence electrons. The molecule has 0 spiro atoms. The van der Waals surface area contributed by atoms with E-state index in [4.69, 9.17) is 10.2 Å². The van der Waals surface area contributed by atoms with Crippen molar-refractivity contribution in [1.29, 1.82) is 0 Å². The zero-order valence-corrected chi connectivity index (χ0v) is 7.42. The number of nitrogens with zero attached hydrogens (tertiary/aromatic N) is 1. The van der Waals surface area contributed by atoms with E-state index in [0.717, 1.165) is 5.01 Å². The molecule has 3 N–H and O–H groups in total. The highest BCUT2D eigenvalue weighted by atomic mass is 32.1. The molecule has 0 aliphatic carbocycles. The fourth-order valence-electron chi connectivity index (χ4n) is 0.759. The van der Waals surface area contributed by atoms with Gasteiger partial charge in [-0.3, -0.25) is 0 Å². The third kappa shape index (κ3) is 2.86. The molecule has 0 unspecified atom stereocenters. The molecule has 0 radical (unpaired) electrons. The van der Waals surface area contributed by atoms with Gasteiger partial charge in [0.05, 0.1) is 19.3 Å². The van der Waals surface area contributed by atoms with E-state index in [1.165, 1.54) is 0 Å². The Morgan fingerprint density at radius 3 is 2.75 bits per heavy atom. The van der Waals surface area contributed by atoms with Gasteiger partial charge in [-0.05, 0) is 0 Å². The quantitative estimate of drug-likeness (QED) is 0.587. The van der Waals surface area contributed by atoms with E-state index in [1.807, 2.05) is 5.38 Å². The molecule has 0 aromatic carbocycles. The van der Waals surface area contributed by atoms with E-state index in [-0.39, 0.29) is 19.3 Å². The lowest BCUT2D eigenvalue weighted by molar-refractivity contribution is 0.170. The van der Waals surface area contributed by atoms with Gasteiger partial charge in [-0.1, -0.05) is 0 Å². The fourth-order valence-corrected chi connectivity index (χ4v) is 1.33. The monoisotopic (exact) mass is 188 g/mol. The van der Waals surface area contributed by atoms with Gasteiger partial charge < -0.3 is 15.5 Å². The molecule has 0 bridgehead atoms. The Kier molecular flexibility index (Phi) is 4.16. The molecule has 0 aliphatic rings. The third-order valence-electron chi connectivity index (χ3n) is 1.47. The summed E-state index contributed by atoms with van der Waals surface area (Å²) < 4.78 is 0. The molecule has 1 aromatic rings. The van der Waals surface area contributed by atoms with Crippen LogP contribution in [0.4, 0.5) is 0 Å². The molecule has 4 nitrogen and oxygen atoms in total. The standard InChI is InChI=1S/C7H12N2O2S/c10-4-6(5-11)9-3-7-8-1-2-12-7/h1-2,6,9-11H,3-5H2. The van der Waals surface area contributed by atoms with Crippen LogP contribution in [-0.2, 0) is 6.54 Å². The van der Waals surface area contributed by atoms with Gasteiger partial charge in [0.25, 0.3) is 0 Å². The number of nitrogens with one attached hydrogen (secondary N) is 1. The summed E-state index contributed by atoms with van der Waals surface area (Å²) in [6, 6.07) is -0.242. The summed E-state index contributed by atoms with van der Waals surface area (Å²) in [4.78, 5) is 4.05. The van der Waals surface area contributed by atoms with Gasteiger partial charge in [-0.2, -0.15) is 0 Å². The molecular weight excluding hydrogens is 176 g/mol. The normalized spacial score (nSPS) is 10.9. The van der Waals surface area contributed by atoms with Crippen LogP contribution in [0.15, 0.2) is 11.6 Å². The number of aliphatic hydroxyl groups excluding tert-OH is 2. The van der Waals surface area contributed by atoms with Crippen molar-refractivity contribution < 1.29 is 10.2 Å². The van der Waals surface area contributed by atoms with E-state index in [0.29, 0.717) is 6.54 Å². The lowest BCUT2D eigenvalue weighted by atomic mass is 10.3. The Balaban J connectivity index is 2.25. The second-order valence-corrected chi connectivity index (χ2v) is 3.35. The van der Waals surface area contributed by atoms with Crippen LogP contribution in [0.1, 0.15) is 5.01 Å². The molecule has 0 saturated carbocycles. The Labute approximate surface area is 74.9 Å². The Morgan fingerprint density at radius 1 is 1.50 bits per heavy atom. The minimum atomic E-state index is -0.242. The maximum atomic E-state index is 8.72. The van der Waals surface area contributed by atoms with Crippen LogP contribution in [0, 0.1) is 0 Å². The smallest absolute Gasteiger partial charge is 0.106 e. The van der Waals surface area contributed by atoms with Crippen molar-refractivity contribution in [3.05, 3.63) is 16.6 Å². The summed E-state index contributed by atoms with van der Waals surface area (Å²) in [6.45, 7) is 0.493. The summed E-state index contributed by atoms with van der Waals surface area (Å²) in [5, 5.41) is 23.3. The van der Waals surface area contributed by atoms with E-state index in [9.17, 15) is 0 Å². The van der Waals surface area contributed by atoms with Crippen LogP contribution in [0.5, 0.6) is 0 Å². The summed E-state index contributed by atoms with van der Waals surface area (Å²) in [7, 11) is 0. The minimum absolute atomic E-state index is 0.0537. The maximum absolute atomic E-state index is 8.72. The van der Waals surface area contributed by atoms with Gasteiger partial charge in [0.15, 0.2) is 0 Å². The van der Waals surface area contributed by atoms with Gasteiger partial charge in [0.2, 0.25) is 0 Å². The van der Waals surface area contributed by atoms with Crippen LogP contribution < -0.4 is 5.32 Å². The molecule has 0 saturated heterocycles. The number of aromatic nitrogens is 1. The van der Waals surface area contributed by atoms with Crippen molar-refractivity contribution in [2.45, 2.75) is 12.6 Å². The third-order valence-corrected chi connectivity index (χ3v) is 2.25. The predicted molar refractivity (Wildman–Crippen MR) is 46.9 cm³/mol. The molecule has 1 heterocycles. The topological polar surface area (TPSA) is 65.4 Å². The van der Waals surface area contributed by atoms with E-state index < -0.39 is 0 Å². The summed E-state index contributed by atoms with van der Waals surface area (Å²) in [6.07, 6.45) is 1.73. The molecule has 5 heteroatoms. The van der Waals surface area contributed by atoms with Crippen molar-refractivity contribution in [3.8, 4) is 0 Å². The number of rotatable bonds is 5. The molecule has 12 heavy (non-hydrogen) atoms. The lowest BCUT2D eigenvalue weighted by Crippen LogP contribution is -2.35. The lowest BCUT2D eigenvalue weighted by Gasteiger charge is -2.11. The average molecular weight is 188 g/mol. The first kappa shape index (κ1) is 9.60. The minimum Gasteiger partial charge on any atom is -0.395 e. The summed E-state index contributed by atoms with van der Waals surface area (Å²) in [5.74, 6) is 0. The first-order chi connectivity index (χ1) is 5.86. The summed E-state index contributed by atoms with van der Waals surface area (Å²) in [5.41, 5.74) is 0. The van der Waals surface area contributed by atoms with Gasteiger partial charge in [0, 0.05) is 18.1 Å². The van der Waals surface area contributed by atoms with Crippen LogP contribution >= 0.6 is 11.3 Å². The van der Waals surface area contributed by atoms with Crippen LogP contribution in [0.25, 0.3) is 0 Å². The largest absolute Gasteiger partial charge is 0.395 e. The Bertz CT molecular complexity index is 199. The van der Waals surface area contributed by atoms with E-state index in [2.05, 4.69) is 10.3 Å². The molecule has 1 aromatic heterocycles. The highest BCUT2D eigenvalue weighted by molar-refractivity contribution is 7.09. The maximum Gasteiger partial charge on any atom is 0.106 e. The molecule has 0 atom stereocenters.